The summed E-state index contributed by atoms with van der Waals surface area (Å²) >= 11 is 0. The van der Waals surface area contributed by atoms with Crippen molar-refractivity contribution in [3.8, 4) is 0 Å². The summed E-state index contributed by atoms with van der Waals surface area (Å²) in [4.78, 5) is 12.6. The Hall–Kier alpha value is -0.420. The third-order valence-electron chi connectivity index (χ3n) is 3.39. The predicted molar refractivity (Wildman–Crippen MR) is 54.4 cm³/mol. The third-order valence-corrected chi connectivity index (χ3v) is 3.39. The monoisotopic (exact) mass is 240 g/mol. The second kappa shape index (κ2) is 3.87. The molecular formula is C9H15ClF2N2O. The van der Waals surface area contributed by atoms with Gasteiger partial charge in [-0.2, -0.15) is 0 Å². The van der Waals surface area contributed by atoms with E-state index in [0.717, 1.165) is 0 Å². The number of rotatable bonds is 0. The lowest BCUT2D eigenvalue weighted by atomic mass is 9.83. The van der Waals surface area contributed by atoms with Crippen LogP contribution >= 0.6 is 12.4 Å². The van der Waals surface area contributed by atoms with Crippen molar-refractivity contribution in [1.82, 2.24) is 10.2 Å². The van der Waals surface area contributed by atoms with Crippen LogP contribution < -0.4 is 5.32 Å². The van der Waals surface area contributed by atoms with E-state index in [9.17, 15) is 13.6 Å². The lowest BCUT2D eigenvalue weighted by Gasteiger charge is -2.29. The summed E-state index contributed by atoms with van der Waals surface area (Å²) in [7, 11) is 0. The second-order valence-electron chi connectivity index (χ2n) is 4.28. The minimum absolute atomic E-state index is 0. The van der Waals surface area contributed by atoms with Gasteiger partial charge in [0, 0.05) is 26.6 Å². The molecule has 0 aromatic rings. The van der Waals surface area contributed by atoms with E-state index in [1.165, 1.54) is 11.8 Å². The minimum atomic E-state index is -2.67. The highest BCUT2D eigenvalue weighted by Gasteiger charge is 2.60. The van der Waals surface area contributed by atoms with Crippen LogP contribution in [0.5, 0.6) is 0 Å². The summed E-state index contributed by atoms with van der Waals surface area (Å²) in [5, 5.41) is 2.72. The van der Waals surface area contributed by atoms with Crippen LogP contribution in [0, 0.1) is 5.41 Å². The lowest BCUT2D eigenvalue weighted by molar-refractivity contribution is -0.129. The van der Waals surface area contributed by atoms with E-state index in [2.05, 4.69) is 5.32 Å². The van der Waals surface area contributed by atoms with Crippen LogP contribution in [0.1, 0.15) is 13.3 Å². The van der Waals surface area contributed by atoms with Crippen LogP contribution in [0.3, 0.4) is 0 Å². The fraction of sp³-hybridized carbons (Fsp3) is 0.889. The quantitative estimate of drug-likeness (QED) is 0.682. The van der Waals surface area contributed by atoms with Gasteiger partial charge in [0.25, 0.3) is 5.92 Å². The number of nitrogens with zero attached hydrogens (tertiary/aromatic N) is 1. The van der Waals surface area contributed by atoms with Gasteiger partial charge in [-0.25, -0.2) is 8.78 Å². The molecule has 2 heterocycles. The first-order valence-corrected chi connectivity index (χ1v) is 4.81. The first-order chi connectivity index (χ1) is 6.47. The summed E-state index contributed by atoms with van der Waals surface area (Å²) in [5.74, 6) is -2.78. The zero-order valence-corrected chi connectivity index (χ0v) is 9.37. The number of likely N-dealkylation sites (tertiary alicyclic amines) is 1. The van der Waals surface area contributed by atoms with Crippen LogP contribution in [-0.2, 0) is 4.79 Å². The number of amides is 1. The maximum atomic E-state index is 13.5. The fourth-order valence-corrected chi connectivity index (χ4v) is 2.36. The predicted octanol–water partition coefficient (Wildman–Crippen LogP) is 0.885. The average Bonchev–Trinajstić information content (AvgIpc) is 2.60. The van der Waals surface area contributed by atoms with Crippen LogP contribution in [0.15, 0.2) is 0 Å². The van der Waals surface area contributed by atoms with Crippen molar-refractivity contribution in [2.75, 3.05) is 26.2 Å². The van der Waals surface area contributed by atoms with Gasteiger partial charge in [0.1, 0.15) is 0 Å². The molecule has 2 saturated heterocycles. The van der Waals surface area contributed by atoms with Gasteiger partial charge in [-0.15, -0.1) is 12.4 Å². The molecule has 0 aromatic carbocycles. The molecule has 6 heteroatoms. The fourth-order valence-electron chi connectivity index (χ4n) is 2.36. The lowest BCUT2D eigenvalue weighted by Crippen LogP contribution is -2.43. The number of carbonyl (C=O) groups is 1. The van der Waals surface area contributed by atoms with Crippen molar-refractivity contribution in [3.63, 3.8) is 0 Å². The van der Waals surface area contributed by atoms with Crippen molar-refractivity contribution in [1.29, 1.82) is 0 Å². The zero-order valence-electron chi connectivity index (χ0n) is 8.56. The summed E-state index contributed by atoms with van der Waals surface area (Å²) in [6, 6.07) is 0. The largest absolute Gasteiger partial charge is 0.342 e. The van der Waals surface area contributed by atoms with E-state index in [0.29, 0.717) is 19.5 Å². The molecule has 2 aliphatic rings. The highest BCUT2D eigenvalue weighted by molar-refractivity contribution is 5.85. The van der Waals surface area contributed by atoms with Gasteiger partial charge in [0.05, 0.1) is 12.0 Å². The van der Waals surface area contributed by atoms with Crippen molar-refractivity contribution in [3.05, 3.63) is 0 Å². The number of nitrogens with one attached hydrogen (secondary N) is 1. The van der Waals surface area contributed by atoms with Crippen LogP contribution in [-0.4, -0.2) is 42.9 Å². The van der Waals surface area contributed by atoms with Crippen molar-refractivity contribution >= 4 is 18.3 Å². The molecule has 0 aromatic heterocycles. The maximum absolute atomic E-state index is 13.5. The van der Waals surface area contributed by atoms with Gasteiger partial charge in [-0.3, -0.25) is 4.79 Å². The highest BCUT2D eigenvalue weighted by atomic mass is 35.5. The van der Waals surface area contributed by atoms with Gasteiger partial charge in [0.2, 0.25) is 5.91 Å². The van der Waals surface area contributed by atoms with Crippen LogP contribution in [0.25, 0.3) is 0 Å². The summed E-state index contributed by atoms with van der Waals surface area (Å²) in [6.07, 6.45) is 0.409. The van der Waals surface area contributed by atoms with Gasteiger partial charge in [-0.05, 0) is 6.42 Å². The molecule has 0 radical (unpaired) electrons. The van der Waals surface area contributed by atoms with E-state index in [-0.39, 0.29) is 31.4 Å². The van der Waals surface area contributed by atoms with Gasteiger partial charge in [0.15, 0.2) is 0 Å². The molecular weight excluding hydrogens is 226 g/mol. The Kier molecular flexibility index (Phi) is 3.26. The Morgan fingerprint density at radius 1 is 1.40 bits per heavy atom. The molecule has 2 rings (SSSR count). The van der Waals surface area contributed by atoms with E-state index in [1.807, 2.05) is 0 Å². The number of alkyl halides is 2. The molecule has 1 atom stereocenters. The van der Waals surface area contributed by atoms with Gasteiger partial charge >= 0.3 is 0 Å². The van der Waals surface area contributed by atoms with Crippen molar-refractivity contribution in [2.45, 2.75) is 19.3 Å². The molecule has 88 valence electrons. The molecule has 1 unspecified atom stereocenters. The summed E-state index contributed by atoms with van der Waals surface area (Å²) in [6.45, 7) is 2.16. The van der Waals surface area contributed by atoms with Crippen molar-refractivity contribution < 1.29 is 13.6 Å². The molecule has 0 saturated carbocycles. The summed E-state index contributed by atoms with van der Waals surface area (Å²) < 4.78 is 27.1. The Bertz CT molecular complexity index is 275. The molecule has 1 spiro atoms. The average molecular weight is 241 g/mol. The molecule has 1 N–H and O–H groups in total. The zero-order chi connectivity index (χ0) is 10.4. The second-order valence-corrected chi connectivity index (χ2v) is 4.28. The number of carbonyl (C=O) groups excluding carboxylic acids is 1. The molecule has 2 fully saturated rings. The molecule has 0 bridgehead atoms. The van der Waals surface area contributed by atoms with Gasteiger partial charge < -0.3 is 10.2 Å². The Morgan fingerprint density at radius 3 is 2.47 bits per heavy atom. The molecule has 2 aliphatic heterocycles. The van der Waals surface area contributed by atoms with Crippen LogP contribution in [0.2, 0.25) is 0 Å². The highest BCUT2D eigenvalue weighted by Crippen LogP contribution is 2.46. The van der Waals surface area contributed by atoms with E-state index >= 15 is 0 Å². The van der Waals surface area contributed by atoms with Crippen LogP contribution in [0.4, 0.5) is 8.78 Å². The van der Waals surface area contributed by atoms with E-state index in [4.69, 9.17) is 0 Å². The van der Waals surface area contributed by atoms with Crippen molar-refractivity contribution in [2.24, 2.45) is 5.41 Å². The number of hydrogen-bond acceptors (Lipinski definition) is 2. The van der Waals surface area contributed by atoms with Gasteiger partial charge in [-0.1, -0.05) is 0 Å². The Labute approximate surface area is 93.6 Å². The third kappa shape index (κ3) is 1.83. The number of halogens is 3. The SMILES string of the molecule is CC(=O)N1CCC2(CNCC2(F)F)C1.Cl. The normalized spacial score (nSPS) is 33.1. The molecule has 0 aliphatic carbocycles. The Balaban J connectivity index is 0.00000112. The Morgan fingerprint density at radius 2 is 2.07 bits per heavy atom. The minimum Gasteiger partial charge on any atom is -0.342 e. The first-order valence-electron chi connectivity index (χ1n) is 4.81. The van der Waals surface area contributed by atoms with E-state index < -0.39 is 11.3 Å². The molecule has 3 nitrogen and oxygen atoms in total. The molecule has 15 heavy (non-hydrogen) atoms. The smallest absolute Gasteiger partial charge is 0.268 e. The van der Waals surface area contributed by atoms with E-state index in [1.54, 1.807) is 0 Å². The standard InChI is InChI=1S/C9H14F2N2O.ClH/c1-7(14)13-3-2-8(6-13)4-12-5-9(8,10)11;/h12H,2-6H2,1H3;1H. The summed E-state index contributed by atoms with van der Waals surface area (Å²) in [5.41, 5.74) is -1.00. The maximum Gasteiger partial charge on any atom is 0.268 e. The number of hydrogen-bond donors (Lipinski definition) is 1. The molecule has 1 amide bonds. The first kappa shape index (κ1) is 12.6. The topological polar surface area (TPSA) is 32.3 Å².